The van der Waals surface area contributed by atoms with Gasteiger partial charge >= 0.3 is 0 Å². The molecule has 29 heavy (non-hydrogen) atoms. The van der Waals surface area contributed by atoms with E-state index in [0.717, 1.165) is 0 Å². The number of nitrogens with one attached hydrogen (secondary N) is 3. The normalized spacial score (nSPS) is 11.0. The highest BCUT2D eigenvalue weighted by Crippen LogP contribution is 2.25. The summed E-state index contributed by atoms with van der Waals surface area (Å²) < 4.78 is 26.5. The van der Waals surface area contributed by atoms with Crippen molar-refractivity contribution in [2.45, 2.75) is 26.7 Å². The number of para-hydroxylation sites is 2. The van der Waals surface area contributed by atoms with Crippen LogP contribution < -0.4 is 15.4 Å². The Morgan fingerprint density at radius 3 is 2.41 bits per heavy atom. The number of rotatable bonds is 10. The van der Waals surface area contributed by atoms with Crippen molar-refractivity contribution in [3.63, 3.8) is 0 Å². The Morgan fingerprint density at radius 2 is 1.72 bits per heavy atom. The summed E-state index contributed by atoms with van der Waals surface area (Å²) in [6, 6.07) is 11.2. The van der Waals surface area contributed by atoms with Crippen molar-refractivity contribution >= 4 is 38.7 Å². The Hall–Kier alpha value is -3.14. The number of anilines is 3. The molecule has 0 saturated carbocycles. The van der Waals surface area contributed by atoms with Gasteiger partial charge in [-0.05, 0) is 37.1 Å². The van der Waals surface area contributed by atoms with E-state index in [1.165, 1.54) is 6.07 Å². The molecule has 2 rings (SSSR count). The second kappa shape index (κ2) is 9.87. The second-order valence-corrected chi connectivity index (χ2v) is 8.24. The minimum atomic E-state index is -3.44. The Morgan fingerprint density at radius 1 is 1.07 bits per heavy atom. The number of sulfonamides is 1. The van der Waals surface area contributed by atoms with Crippen LogP contribution >= 0.6 is 0 Å². The molecule has 156 valence electrons. The maximum absolute atomic E-state index is 12.2. The van der Waals surface area contributed by atoms with Crippen LogP contribution in [0.25, 0.3) is 0 Å². The number of benzene rings is 2. The van der Waals surface area contributed by atoms with Crippen molar-refractivity contribution in [1.29, 1.82) is 0 Å². The Labute approximate surface area is 169 Å². The minimum absolute atomic E-state index is 0.0142. The van der Waals surface area contributed by atoms with Gasteiger partial charge in [0.2, 0.25) is 15.9 Å². The van der Waals surface area contributed by atoms with Crippen molar-refractivity contribution in [2.75, 3.05) is 27.7 Å². The fourth-order valence-corrected chi connectivity index (χ4v) is 3.87. The number of carbonyl (C=O) groups is 1. The van der Waals surface area contributed by atoms with E-state index in [-0.39, 0.29) is 30.3 Å². The molecule has 0 saturated heterocycles. The Kier molecular flexibility index (Phi) is 7.54. The first kappa shape index (κ1) is 22.2. The molecular formula is C19H24N4O5S. The molecule has 3 N–H and O–H groups in total. The fourth-order valence-electron chi connectivity index (χ4n) is 2.67. The maximum Gasteiger partial charge on any atom is 0.292 e. The molecule has 0 unspecified atom stereocenters. The van der Waals surface area contributed by atoms with Crippen LogP contribution in [0.5, 0.6) is 0 Å². The zero-order chi connectivity index (χ0) is 21.4. The molecule has 2 aromatic carbocycles. The monoisotopic (exact) mass is 420 g/mol. The van der Waals surface area contributed by atoms with Gasteiger partial charge in [0.05, 0.1) is 16.4 Å². The number of hydrogen-bond acceptors (Lipinski definition) is 6. The standard InChI is InChI=1S/C19H24N4O5S/c1-3-13-29(27,28)22-16-9-6-8-15(14(16)2)21-19(24)11-12-20-17-7-4-5-10-18(17)23(25)26/h4-10,20,22H,3,11-13H2,1-2H3,(H,21,24). The van der Waals surface area contributed by atoms with Crippen LogP contribution in [0.15, 0.2) is 42.5 Å². The van der Waals surface area contributed by atoms with Crippen molar-refractivity contribution in [3.8, 4) is 0 Å². The summed E-state index contributed by atoms with van der Waals surface area (Å²) in [5.41, 5.74) is 1.79. The number of nitro groups is 1. The first-order chi connectivity index (χ1) is 13.7. The summed E-state index contributed by atoms with van der Waals surface area (Å²) in [4.78, 5) is 22.8. The molecular weight excluding hydrogens is 396 g/mol. The zero-order valence-electron chi connectivity index (χ0n) is 16.3. The van der Waals surface area contributed by atoms with Gasteiger partial charge in [-0.25, -0.2) is 8.42 Å². The van der Waals surface area contributed by atoms with Crippen LogP contribution in [0.4, 0.5) is 22.7 Å². The molecule has 0 heterocycles. The Bertz CT molecular complexity index is 992. The van der Waals surface area contributed by atoms with E-state index in [4.69, 9.17) is 0 Å². The predicted molar refractivity (Wildman–Crippen MR) is 114 cm³/mol. The number of nitro benzene ring substituents is 1. The smallest absolute Gasteiger partial charge is 0.292 e. The van der Waals surface area contributed by atoms with E-state index in [1.807, 2.05) is 0 Å². The average molecular weight is 420 g/mol. The van der Waals surface area contributed by atoms with Crippen molar-refractivity contribution in [3.05, 3.63) is 58.1 Å². The number of nitrogens with zero attached hydrogens (tertiary/aromatic N) is 1. The third-order valence-electron chi connectivity index (χ3n) is 4.11. The Balaban J connectivity index is 1.98. The van der Waals surface area contributed by atoms with E-state index < -0.39 is 14.9 Å². The molecule has 0 radical (unpaired) electrons. The summed E-state index contributed by atoms with van der Waals surface area (Å²) in [6.45, 7) is 3.70. The number of amides is 1. The maximum atomic E-state index is 12.2. The van der Waals surface area contributed by atoms with E-state index >= 15 is 0 Å². The highest BCUT2D eigenvalue weighted by molar-refractivity contribution is 7.92. The quantitative estimate of drug-likeness (QED) is 0.398. The second-order valence-electron chi connectivity index (χ2n) is 6.40. The lowest BCUT2D eigenvalue weighted by atomic mass is 10.1. The van der Waals surface area contributed by atoms with Crippen molar-refractivity contribution in [2.24, 2.45) is 0 Å². The van der Waals surface area contributed by atoms with E-state index in [2.05, 4.69) is 15.4 Å². The predicted octanol–water partition coefficient (Wildman–Crippen LogP) is 3.50. The SMILES string of the molecule is CCCS(=O)(=O)Nc1cccc(NC(=O)CCNc2ccccc2[N+](=O)[O-])c1C. The third kappa shape index (κ3) is 6.46. The molecule has 0 atom stereocenters. The number of carbonyl (C=O) groups excluding carboxylic acids is 1. The highest BCUT2D eigenvalue weighted by Gasteiger charge is 2.14. The van der Waals surface area contributed by atoms with Gasteiger partial charge in [0.25, 0.3) is 5.69 Å². The van der Waals surface area contributed by atoms with E-state index in [9.17, 15) is 23.3 Å². The molecule has 0 bridgehead atoms. The molecule has 2 aromatic rings. The van der Waals surface area contributed by atoms with E-state index in [0.29, 0.717) is 29.0 Å². The molecule has 0 spiro atoms. The molecule has 0 aliphatic heterocycles. The van der Waals surface area contributed by atoms with Gasteiger partial charge in [0.15, 0.2) is 0 Å². The summed E-state index contributed by atoms with van der Waals surface area (Å²) in [6.07, 6.45) is 0.578. The van der Waals surface area contributed by atoms with Crippen LogP contribution in [0.3, 0.4) is 0 Å². The molecule has 0 aliphatic rings. The van der Waals surface area contributed by atoms with Crippen molar-refractivity contribution < 1.29 is 18.1 Å². The van der Waals surface area contributed by atoms with Gasteiger partial charge in [-0.3, -0.25) is 19.6 Å². The first-order valence-electron chi connectivity index (χ1n) is 9.10. The highest BCUT2D eigenvalue weighted by atomic mass is 32.2. The van der Waals surface area contributed by atoms with Gasteiger partial charge in [-0.1, -0.05) is 25.1 Å². The van der Waals surface area contributed by atoms with E-state index in [1.54, 1.807) is 50.2 Å². The van der Waals surface area contributed by atoms with Gasteiger partial charge in [0, 0.05) is 24.7 Å². The van der Waals surface area contributed by atoms with Gasteiger partial charge in [0.1, 0.15) is 5.69 Å². The summed E-state index contributed by atoms with van der Waals surface area (Å²) >= 11 is 0. The van der Waals surface area contributed by atoms with Crippen LogP contribution in [0, 0.1) is 17.0 Å². The van der Waals surface area contributed by atoms with Crippen LogP contribution in [0.2, 0.25) is 0 Å². The number of hydrogen-bond donors (Lipinski definition) is 3. The molecule has 10 heteroatoms. The first-order valence-corrected chi connectivity index (χ1v) is 10.8. The summed E-state index contributed by atoms with van der Waals surface area (Å²) in [5.74, 6) is -0.284. The van der Waals surface area contributed by atoms with Crippen LogP contribution in [-0.2, 0) is 14.8 Å². The largest absolute Gasteiger partial charge is 0.379 e. The zero-order valence-corrected chi connectivity index (χ0v) is 17.1. The topological polar surface area (TPSA) is 130 Å². The molecule has 1 amide bonds. The van der Waals surface area contributed by atoms with Gasteiger partial charge < -0.3 is 10.6 Å². The minimum Gasteiger partial charge on any atom is -0.379 e. The van der Waals surface area contributed by atoms with Crippen LogP contribution in [-0.4, -0.2) is 31.5 Å². The third-order valence-corrected chi connectivity index (χ3v) is 5.59. The molecule has 9 nitrogen and oxygen atoms in total. The molecule has 0 fully saturated rings. The van der Waals surface area contributed by atoms with Crippen molar-refractivity contribution in [1.82, 2.24) is 0 Å². The average Bonchev–Trinajstić information content (AvgIpc) is 2.65. The lowest BCUT2D eigenvalue weighted by Gasteiger charge is -2.14. The lowest BCUT2D eigenvalue weighted by molar-refractivity contribution is -0.384. The van der Waals surface area contributed by atoms with Crippen LogP contribution in [0.1, 0.15) is 25.3 Å². The lowest BCUT2D eigenvalue weighted by Crippen LogP contribution is -2.19. The molecule has 0 aromatic heterocycles. The van der Waals surface area contributed by atoms with Gasteiger partial charge in [-0.2, -0.15) is 0 Å². The van der Waals surface area contributed by atoms with Gasteiger partial charge in [-0.15, -0.1) is 0 Å². The summed E-state index contributed by atoms with van der Waals surface area (Å²) in [7, 11) is -3.44. The summed E-state index contributed by atoms with van der Waals surface area (Å²) in [5, 5.41) is 16.6. The fraction of sp³-hybridized carbons (Fsp3) is 0.316. The molecule has 0 aliphatic carbocycles.